The first kappa shape index (κ1) is 14.2. The predicted molar refractivity (Wildman–Crippen MR) is 80.5 cm³/mol. The van der Waals surface area contributed by atoms with Gasteiger partial charge in [-0.2, -0.15) is 11.8 Å². The lowest BCUT2D eigenvalue weighted by Gasteiger charge is -2.50. The van der Waals surface area contributed by atoms with E-state index in [4.69, 9.17) is 4.74 Å². The maximum absolute atomic E-state index is 11.2. The summed E-state index contributed by atoms with van der Waals surface area (Å²) < 4.78 is 6.11. The van der Waals surface area contributed by atoms with Gasteiger partial charge in [0.1, 0.15) is 0 Å². The molecule has 19 heavy (non-hydrogen) atoms. The molecule has 0 radical (unpaired) electrons. The van der Waals surface area contributed by atoms with Gasteiger partial charge in [0.2, 0.25) is 0 Å². The van der Waals surface area contributed by atoms with E-state index in [1.165, 1.54) is 25.0 Å². The van der Waals surface area contributed by atoms with Gasteiger partial charge in [0.15, 0.2) is 0 Å². The highest BCUT2D eigenvalue weighted by Crippen LogP contribution is 2.50. The zero-order valence-electron chi connectivity index (χ0n) is 12.4. The fourth-order valence-electron chi connectivity index (χ4n) is 4.58. The molecule has 3 fully saturated rings. The molecule has 0 aromatic carbocycles. The van der Waals surface area contributed by atoms with Gasteiger partial charge in [0, 0.05) is 12.4 Å². The average molecular weight is 284 g/mol. The van der Waals surface area contributed by atoms with Crippen molar-refractivity contribution in [1.82, 2.24) is 0 Å². The van der Waals surface area contributed by atoms with E-state index in [1.807, 2.05) is 11.8 Å². The van der Waals surface area contributed by atoms with E-state index in [9.17, 15) is 5.11 Å². The van der Waals surface area contributed by atoms with Gasteiger partial charge in [-0.15, -0.1) is 0 Å². The molecule has 2 saturated heterocycles. The van der Waals surface area contributed by atoms with E-state index >= 15 is 0 Å². The first-order chi connectivity index (χ1) is 8.93. The van der Waals surface area contributed by atoms with Crippen molar-refractivity contribution < 1.29 is 9.84 Å². The number of hydrogen-bond acceptors (Lipinski definition) is 3. The quantitative estimate of drug-likeness (QED) is 0.797. The fraction of sp³-hybridized carbons (Fsp3) is 1.00. The Kier molecular flexibility index (Phi) is 3.68. The van der Waals surface area contributed by atoms with Gasteiger partial charge in [-0.05, 0) is 55.6 Å². The second kappa shape index (κ2) is 4.92. The van der Waals surface area contributed by atoms with Crippen LogP contribution in [0.25, 0.3) is 0 Å². The van der Waals surface area contributed by atoms with Crippen LogP contribution in [0.1, 0.15) is 58.8 Å². The smallest absolute Gasteiger partial charge is 0.0784 e. The van der Waals surface area contributed by atoms with Gasteiger partial charge in [-0.3, -0.25) is 0 Å². The number of ether oxygens (including phenoxy) is 1. The van der Waals surface area contributed by atoms with Crippen LogP contribution in [-0.2, 0) is 4.74 Å². The van der Waals surface area contributed by atoms with Gasteiger partial charge < -0.3 is 9.84 Å². The van der Waals surface area contributed by atoms with E-state index < -0.39 is 5.60 Å². The second-order valence-electron chi connectivity index (χ2n) is 7.82. The molecule has 0 aromatic heterocycles. The molecule has 3 rings (SSSR count). The van der Waals surface area contributed by atoms with Crippen molar-refractivity contribution in [2.75, 3.05) is 18.1 Å². The highest BCUT2D eigenvalue weighted by molar-refractivity contribution is 7.99. The van der Waals surface area contributed by atoms with Crippen LogP contribution in [0.3, 0.4) is 0 Å². The summed E-state index contributed by atoms with van der Waals surface area (Å²) in [5, 5.41) is 11.2. The summed E-state index contributed by atoms with van der Waals surface area (Å²) in [6, 6.07) is 0. The molecule has 3 aliphatic rings. The number of thioether (sulfide) groups is 1. The molecule has 0 aromatic rings. The van der Waals surface area contributed by atoms with Gasteiger partial charge in [0.05, 0.1) is 11.2 Å². The van der Waals surface area contributed by atoms with Crippen molar-refractivity contribution in [3.05, 3.63) is 0 Å². The largest absolute Gasteiger partial charge is 0.390 e. The van der Waals surface area contributed by atoms with Crippen LogP contribution in [-0.4, -0.2) is 34.4 Å². The van der Waals surface area contributed by atoms with E-state index in [2.05, 4.69) is 13.8 Å². The van der Waals surface area contributed by atoms with Crippen LogP contribution in [0.4, 0.5) is 0 Å². The van der Waals surface area contributed by atoms with Crippen LogP contribution in [0.15, 0.2) is 0 Å². The SMILES string of the molecule is CC1(C)CCCC(O)(C2CCOC3(CCSC3)C2)C1. The summed E-state index contributed by atoms with van der Waals surface area (Å²) >= 11 is 2.02. The van der Waals surface area contributed by atoms with Gasteiger partial charge >= 0.3 is 0 Å². The van der Waals surface area contributed by atoms with Crippen LogP contribution < -0.4 is 0 Å². The summed E-state index contributed by atoms with van der Waals surface area (Å²) in [6.45, 7) is 5.49. The maximum atomic E-state index is 11.2. The molecular weight excluding hydrogens is 256 g/mol. The van der Waals surface area contributed by atoms with Crippen LogP contribution in [0, 0.1) is 11.3 Å². The van der Waals surface area contributed by atoms with Gasteiger partial charge in [0.25, 0.3) is 0 Å². The summed E-state index contributed by atoms with van der Waals surface area (Å²) in [6.07, 6.45) is 7.76. The number of hydrogen-bond donors (Lipinski definition) is 1. The van der Waals surface area contributed by atoms with Crippen molar-refractivity contribution in [3.63, 3.8) is 0 Å². The molecule has 3 unspecified atom stereocenters. The third-order valence-corrected chi connectivity index (χ3v) is 6.79. The molecule has 2 nitrogen and oxygen atoms in total. The minimum absolute atomic E-state index is 0.102. The van der Waals surface area contributed by atoms with Crippen molar-refractivity contribution >= 4 is 11.8 Å². The maximum Gasteiger partial charge on any atom is 0.0784 e. The number of rotatable bonds is 1. The molecule has 1 N–H and O–H groups in total. The van der Waals surface area contributed by atoms with E-state index in [0.717, 1.165) is 38.0 Å². The first-order valence-electron chi connectivity index (χ1n) is 7.87. The third kappa shape index (κ3) is 2.84. The lowest BCUT2D eigenvalue weighted by molar-refractivity contribution is -0.154. The fourth-order valence-corrected chi connectivity index (χ4v) is 5.95. The van der Waals surface area contributed by atoms with Crippen molar-refractivity contribution in [1.29, 1.82) is 0 Å². The van der Waals surface area contributed by atoms with Crippen LogP contribution in [0.2, 0.25) is 0 Å². The van der Waals surface area contributed by atoms with E-state index in [0.29, 0.717) is 11.3 Å². The van der Waals surface area contributed by atoms with Gasteiger partial charge in [-0.25, -0.2) is 0 Å². The second-order valence-corrected chi connectivity index (χ2v) is 8.93. The zero-order valence-corrected chi connectivity index (χ0v) is 13.2. The summed E-state index contributed by atoms with van der Waals surface area (Å²) in [5.74, 6) is 2.83. The zero-order chi connectivity index (χ0) is 13.6. The highest BCUT2D eigenvalue weighted by Gasteiger charge is 2.49. The van der Waals surface area contributed by atoms with Crippen molar-refractivity contribution in [2.24, 2.45) is 11.3 Å². The van der Waals surface area contributed by atoms with Gasteiger partial charge in [-0.1, -0.05) is 20.3 Å². The molecule has 110 valence electrons. The molecule has 2 aliphatic heterocycles. The summed E-state index contributed by atoms with van der Waals surface area (Å²) in [4.78, 5) is 0. The van der Waals surface area contributed by atoms with Crippen molar-refractivity contribution in [2.45, 2.75) is 70.0 Å². The molecule has 1 spiro atoms. The standard InChI is InChI=1S/C16H28O2S/c1-14(2)5-3-6-16(17,11-14)13-4-8-18-15(10-13)7-9-19-12-15/h13,17H,3-12H2,1-2H3. The predicted octanol–water partition coefficient (Wildman–Crippen LogP) is 3.62. The number of aliphatic hydroxyl groups is 1. The summed E-state index contributed by atoms with van der Waals surface area (Å²) in [7, 11) is 0. The molecular formula is C16H28O2S. The highest BCUT2D eigenvalue weighted by atomic mass is 32.2. The Labute approximate surface area is 121 Å². The topological polar surface area (TPSA) is 29.5 Å². The molecule has 3 atom stereocenters. The molecule has 2 heterocycles. The Hall–Kier alpha value is 0.270. The van der Waals surface area contributed by atoms with Crippen LogP contribution >= 0.6 is 11.8 Å². The monoisotopic (exact) mass is 284 g/mol. The molecule has 0 amide bonds. The molecule has 3 heteroatoms. The third-order valence-electron chi connectivity index (χ3n) is 5.57. The molecule has 1 aliphatic carbocycles. The summed E-state index contributed by atoms with van der Waals surface area (Å²) in [5.41, 5.74) is -0.0143. The minimum atomic E-state index is -0.425. The Morgan fingerprint density at radius 3 is 2.74 bits per heavy atom. The van der Waals surface area contributed by atoms with Crippen LogP contribution in [0.5, 0.6) is 0 Å². The normalized spacial score (nSPS) is 46.6. The molecule has 0 bridgehead atoms. The lowest BCUT2D eigenvalue weighted by atomic mass is 9.62. The minimum Gasteiger partial charge on any atom is -0.390 e. The molecule has 1 saturated carbocycles. The Bertz CT molecular complexity index is 336. The Morgan fingerprint density at radius 1 is 1.21 bits per heavy atom. The first-order valence-corrected chi connectivity index (χ1v) is 9.03. The van der Waals surface area contributed by atoms with E-state index in [-0.39, 0.29) is 5.60 Å². The lowest BCUT2D eigenvalue weighted by Crippen LogP contribution is -2.51. The Balaban J connectivity index is 1.73. The van der Waals surface area contributed by atoms with E-state index in [1.54, 1.807) is 0 Å². The van der Waals surface area contributed by atoms with Crippen molar-refractivity contribution in [3.8, 4) is 0 Å². The Morgan fingerprint density at radius 2 is 2.05 bits per heavy atom. The average Bonchev–Trinajstić information content (AvgIpc) is 2.76.